The van der Waals surface area contributed by atoms with Gasteiger partial charge < -0.3 is 0 Å². The van der Waals surface area contributed by atoms with Crippen LogP contribution >= 0.6 is 0 Å². The van der Waals surface area contributed by atoms with Gasteiger partial charge in [-0.2, -0.15) is 5.21 Å². The Kier molecular flexibility index (Phi) is 3.60. The lowest BCUT2D eigenvalue weighted by molar-refractivity contribution is 0.600. The summed E-state index contributed by atoms with van der Waals surface area (Å²) in [5, 5.41) is 13.6. The van der Waals surface area contributed by atoms with E-state index < -0.39 is 10.0 Å². The molecule has 2 aromatic carbocycles. The number of sulfonamides is 1. The maximum absolute atomic E-state index is 12.5. The highest BCUT2D eigenvalue weighted by molar-refractivity contribution is 7.92. The lowest BCUT2D eigenvalue weighted by Crippen LogP contribution is -2.14. The van der Waals surface area contributed by atoms with Crippen molar-refractivity contribution in [1.82, 2.24) is 20.6 Å². The molecule has 2 N–H and O–H groups in total. The van der Waals surface area contributed by atoms with Crippen molar-refractivity contribution in [2.45, 2.75) is 11.8 Å². The van der Waals surface area contributed by atoms with Gasteiger partial charge in [-0.3, -0.25) is 4.72 Å². The Hall–Kier alpha value is -2.74. The van der Waals surface area contributed by atoms with Gasteiger partial charge >= 0.3 is 0 Å². The minimum atomic E-state index is -3.64. The molecule has 0 aliphatic carbocycles. The van der Waals surface area contributed by atoms with Crippen LogP contribution < -0.4 is 4.72 Å². The Morgan fingerprint density at radius 2 is 1.91 bits per heavy atom. The van der Waals surface area contributed by atoms with E-state index in [0.29, 0.717) is 22.6 Å². The quantitative estimate of drug-likeness (QED) is 0.766. The number of anilines is 1. The Morgan fingerprint density at radius 3 is 2.64 bits per heavy atom. The zero-order chi connectivity index (χ0) is 15.6. The third-order valence-electron chi connectivity index (χ3n) is 3.10. The third kappa shape index (κ3) is 2.82. The zero-order valence-corrected chi connectivity index (χ0v) is 12.5. The van der Waals surface area contributed by atoms with Crippen LogP contribution in [0, 0.1) is 6.92 Å². The van der Waals surface area contributed by atoms with Gasteiger partial charge in [0.15, 0.2) is 0 Å². The molecule has 0 unspecified atom stereocenters. The van der Waals surface area contributed by atoms with Crippen LogP contribution in [0.4, 0.5) is 5.69 Å². The standard InChI is InChI=1S/C14H13N5O2S/c1-10-5-2-3-8-13(10)22(20,21)17-12-7-4-6-11(9-12)14-15-18-19-16-14/h2-9,17H,1H3,(H,15,16,18,19). The van der Waals surface area contributed by atoms with E-state index in [0.717, 1.165) is 0 Å². The molecule has 0 bridgehead atoms. The fourth-order valence-corrected chi connectivity index (χ4v) is 3.37. The van der Waals surface area contributed by atoms with E-state index in [1.807, 2.05) is 0 Å². The third-order valence-corrected chi connectivity index (χ3v) is 4.64. The second-order valence-corrected chi connectivity index (χ2v) is 6.34. The number of rotatable bonds is 4. The largest absolute Gasteiger partial charge is 0.280 e. The predicted octanol–water partition coefficient (Wildman–Crippen LogP) is 1.98. The number of H-pyrrole nitrogens is 1. The van der Waals surface area contributed by atoms with Crippen LogP contribution in [0.15, 0.2) is 53.4 Å². The molecule has 0 saturated heterocycles. The summed E-state index contributed by atoms with van der Waals surface area (Å²) >= 11 is 0. The van der Waals surface area contributed by atoms with Gasteiger partial charge in [0.2, 0.25) is 5.82 Å². The number of tetrazole rings is 1. The van der Waals surface area contributed by atoms with Crippen molar-refractivity contribution in [3.05, 3.63) is 54.1 Å². The van der Waals surface area contributed by atoms with Crippen LogP contribution in [-0.4, -0.2) is 29.0 Å². The van der Waals surface area contributed by atoms with E-state index >= 15 is 0 Å². The zero-order valence-electron chi connectivity index (χ0n) is 11.7. The van der Waals surface area contributed by atoms with E-state index in [4.69, 9.17) is 0 Å². The molecule has 0 aliphatic rings. The van der Waals surface area contributed by atoms with E-state index in [-0.39, 0.29) is 4.90 Å². The maximum Gasteiger partial charge on any atom is 0.262 e. The second-order valence-electron chi connectivity index (χ2n) is 4.69. The van der Waals surface area contributed by atoms with E-state index in [9.17, 15) is 8.42 Å². The summed E-state index contributed by atoms with van der Waals surface area (Å²) in [5.41, 5.74) is 1.79. The molecule has 0 atom stereocenters. The topological polar surface area (TPSA) is 101 Å². The molecule has 1 aromatic heterocycles. The second kappa shape index (κ2) is 5.57. The molecule has 0 fully saturated rings. The maximum atomic E-state index is 12.5. The van der Waals surface area contributed by atoms with Crippen LogP contribution in [0.25, 0.3) is 11.4 Å². The molecule has 3 aromatic rings. The van der Waals surface area contributed by atoms with Gasteiger partial charge in [-0.05, 0) is 35.9 Å². The first-order chi connectivity index (χ1) is 10.6. The Morgan fingerprint density at radius 1 is 1.09 bits per heavy atom. The molecule has 0 amide bonds. The van der Waals surface area contributed by atoms with Crippen molar-refractivity contribution in [2.75, 3.05) is 4.72 Å². The average Bonchev–Trinajstić information content (AvgIpc) is 3.01. The first kappa shape index (κ1) is 14.2. The van der Waals surface area contributed by atoms with Gasteiger partial charge in [0.25, 0.3) is 10.0 Å². The van der Waals surface area contributed by atoms with Gasteiger partial charge in [0.1, 0.15) is 0 Å². The molecular weight excluding hydrogens is 302 g/mol. The van der Waals surface area contributed by atoms with Crippen molar-refractivity contribution in [2.24, 2.45) is 0 Å². The van der Waals surface area contributed by atoms with Crippen molar-refractivity contribution in [3.63, 3.8) is 0 Å². The first-order valence-electron chi connectivity index (χ1n) is 6.48. The number of aromatic nitrogens is 4. The van der Waals surface area contributed by atoms with Crippen LogP contribution in [-0.2, 0) is 10.0 Å². The number of nitrogens with zero attached hydrogens (tertiary/aromatic N) is 3. The first-order valence-corrected chi connectivity index (χ1v) is 7.97. The molecule has 0 spiro atoms. The molecular formula is C14H13N5O2S. The smallest absolute Gasteiger partial charge is 0.262 e. The molecule has 8 heteroatoms. The number of benzene rings is 2. The molecule has 22 heavy (non-hydrogen) atoms. The number of hydrogen-bond acceptors (Lipinski definition) is 5. The highest BCUT2D eigenvalue weighted by Crippen LogP contribution is 2.22. The molecule has 1 heterocycles. The predicted molar refractivity (Wildman–Crippen MR) is 81.6 cm³/mol. The fraction of sp³-hybridized carbons (Fsp3) is 0.0714. The summed E-state index contributed by atoms with van der Waals surface area (Å²) in [7, 11) is -3.64. The molecule has 3 rings (SSSR count). The summed E-state index contributed by atoms with van der Waals surface area (Å²) in [6.07, 6.45) is 0. The normalized spacial score (nSPS) is 11.3. The highest BCUT2D eigenvalue weighted by atomic mass is 32.2. The lowest BCUT2D eigenvalue weighted by Gasteiger charge is -2.10. The lowest BCUT2D eigenvalue weighted by atomic mass is 10.2. The van der Waals surface area contributed by atoms with Gasteiger partial charge in [-0.15, -0.1) is 10.2 Å². The molecule has 0 aliphatic heterocycles. The minimum Gasteiger partial charge on any atom is -0.280 e. The van der Waals surface area contributed by atoms with E-state index in [2.05, 4.69) is 25.3 Å². The van der Waals surface area contributed by atoms with E-state index in [1.54, 1.807) is 55.5 Å². The van der Waals surface area contributed by atoms with Gasteiger partial charge in [0.05, 0.1) is 4.90 Å². The molecule has 0 radical (unpaired) electrons. The van der Waals surface area contributed by atoms with Crippen molar-refractivity contribution in [1.29, 1.82) is 0 Å². The SMILES string of the molecule is Cc1ccccc1S(=O)(=O)Nc1cccc(-c2nn[nH]n2)c1. The monoisotopic (exact) mass is 315 g/mol. The van der Waals surface area contributed by atoms with Crippen LogP contribution in [0.5, 0.6) is 0 Å². The van der Waals surface area contributed by atoms with Crippen molar-refractivity contribution < 1.29 is 8.42 Å². The van der Waals surface area contributed by atoms with Crippen molar-refractivity contribution in [3.8, 4) is 11.4 Å². The summed E-state index contributed by atoms with van der Waals surface area (Å²) in [4.78, 5) is 0.250. The Balaban J connectivity index is 1.93. The minimum absolute atomic E-state index is 0.250. The van der Waals surface area contributed by atoms with Gasteiger partial charge in [-0.1, -0.05) is 30.3 Å². The molecule has 0 saturated carbocycles. The van der Waals surface area contributed by atoms with Crippen LogP contribution in [0.1, 0.15) is 5.56 Å². The summed E-state index contributed by atoms with van der Waals surface area (Å²) in [6.45, 7) is 1.75. The van der Waals surface area contributed by atoms with Gasteiger partial charge in [-0.25, -0.2) is 8.42 Å². The summed E-state index contributed by atoms with van der Waals surface area (Å²) < 4.78 is 27.5. The summed E-state index contributed by atoms with van der Waals surface area (Å²) in [6, 6.07) is 13.6. The highest BCUT2D eigenvalue weighted by Gasteiger charge is 2.16. The fourth-order valence-electron chi connectivity index (χ4n) is 2.07. The number of aryl methyl sites for hydroxylation is 1. The van der Waals surface area contributed by atoms with Crippen LogP contribution in [0.3, 0.4) is 0 Å². The molecule has 7 nitrogen and oxygen atoms in total. The van der Waals surface area contributed by atoms with Crippen LogP contribution in [0.2, 0.25) is 0 Å². The van der Waals surface area contributed by atoms with E-state index in [1.165, 1.54) is 0 Å². The Labute approximate surface area is 127 Å². The number of aromatic amines is 1. The number of hydrogen-bond donors (Lipinski definition) is 2. The Bertz CT molecular complexity index is 891. The van der Waals surface area contributed by atoms with Crippen molar-refractivity contribution >= 4 is 15.7 Å². The molecule has 112 valence electrons. The van der Waals surface area contributed by atoms with Gasteiger partial charge in [0, 0.05) is 11.3 Å². The summed E-state index contributed by atoms with van der Waals surface area (Å²) in [5.74, 6) is 0.400. The average molecular weight is 315 g/mol. The number of nitrogens with one attached hydrogen (secondary N) is 2.